The van der Waals surface area contributed by atoms with Crippen molar-refractivity contribution >= 4 is 11.8 Å². The molecule has 8 heteroatoms. The lowest BCUT2D eigenvalue weighted by Gasteiger charge is -2.44. The number of aromatic nitrogens is 1. The summed E-state index contributed by atoms with van der Waals surface area (Å²) in [6.07, 6.45) is 3.27. The number of nitrogens with zero attached hydrogens (tertiary/aromatic N) is 2. The maximum absolute atomic E-state index is 13.3. The molecular weight excluding hydrogens is 482 g/mol. The Morgan fingerprint density at radius 2 is 1.76 bits per heavy atom. The molecule has 38 heavy (non-hydrogen) atoms. The van der Waals surface area contributed by atoms with Crippen molar-refractivity contribution in [3.8, 4) is 11.1 Å². The molecule has 2 amide bonds. The molecule has 1 aromatic heterocycles. The number of hydrogen-bond acceptors (Lipinski definition) is 6. The Labute approximate surface area is 222 Å². The lowest BCUT2D eigenvalue weighted by molar-refractivity contribution is -0.151. The molecule has 3 heterocycles. The lowest BCUT2D eigenvalue weighted by atomic mass is 9.94. The van der Waals surface area contributed by atoms with Crippen LogP contribution in [0.2, 0.25) is 0 Å². The van der Waals surface area contributed by atoms with Gasteiger partial charge in [-0.05, 0) is 41.7 Å². The number of carbonyl (C=O) groups is 2. The molecule has 2 aliphatic heterocycles. The number of fused-ring (bicyclic) bond motifs is 1. The van der Waals surface area contributed by atoms with E-state index in [0.29, 0.717) is 24.9 Å². The van der Waals surface area contributed by atoms with Gasteiger partial charge >= 0.3 is 0 Å². The van der Waals surface area contributed by atoms with Gasteiger partial charge in [-0.15, -0.1) is 0 Å². The number of nitrogens with one attached hydrogen (secondary N) is 1. The van der Waals surface area contributed by atoms with Crippen molar-refractivity contribution in [3.05, 3.63) is 90.3 Å². The lowest BCUT2D eigenvalue weighted by Crippen LogP contribution is -2.57. The Morgan fingerprint density at radius 1 is 0.974 bits per heavy atom. The van der Waals surface area contributed by atoms with E-state index >= 15 is 0 Å². The van der Waals surface area contributed by atoms with Crippen LogP contribution in [0, 0.1) is 0 Å². The Hall–Kier alpha value is -3.59. The zero-order valence-corrected chi connectivity index (χ0v) is 21.2. The van der Waals surface area contributed by atoms with E-state index in [1.54, 1.807) is 23.2 Å². The van der Waals surface area contributed by atoms with E-state index in [4.69, 9.17) is 9.47 Å². The van der Waals surface area contributed by atoms with Crippen molar-refractivity contribution in [1.29, 1.82) is 0 Å². The summed E-state index contributed by atoms with van der Waals surface area (Å²) in [5.41, 5.74) is 3.79. The van der Waals surface area contributed by atoms with Gasteiger partial charge in [-0.2, -0.15) is 0 Å². The summed E-state index contributed by atoms with van der Waals surface area (Å²) in [4.78, 5) is 31.7. The highest BCUT2D eigenvalue weighted by atomic mass is 16.5. The second kappa shape index (κ2) is 12.3. The monoisotopic (exact) mass is 515 g/mol. The van der Waals surface area contributed by atoms with Gasteiger partial charge in [0.15, 0.2) is 0 Å². The van der Waals surface area contributed by atoms with E-state index in [2.05, 4.69) is 34.6 Å². The molecule has 2 aromatic carbocycles. The fourth-order valence-corrected chi connectivity index (χ4v) is 5.15. The summed E-state index contributed by atoms with van der Waals surface area (Å²) in [6.45, 7) is 0.982. The van der Waals surface area contributed by atoms with E-state index in [1.165, 1.54) is 6.20 Å². The van der Waals surface area contributed by atoms with Gasteiger partial charge in [0.05, 0.1) is 43.4 Å². The largest absolute Gasteiger partial charge is 0.389 e. The Bertz CT molecular complexity index is 1210. The van der Waals surface area contributed by atoms with Crippen LogP contribution in [-0.4, -0.2) is 70.9 Å². The normalized spacial score (nSPS) is 23.6. The number of aliphatic hydroxyl groups is 1. The summed E-state index contributed by atoms with van der Waals surface area (Å²) in [5, 5.41) is 13.3. The Balaban J connectivity index is 1.16. The first kappa shape index (κ1) is 26.0. The SMILES string of the molecule is O=C(C[C@H]1CC[C@H]2[C@@H](COC[C@@H](O)CN2C(=O)c2cccnc2)O1)NCc1ccc(-c2ccccc2)cc1. The van der Waals surface area contributed by atoms with Crippen molar-refractivity contribution in [2.75, 3.05) is 19.8 Å². The highest BCUT2D eigenvalue weighted by molar-refractivity contribution is 5.94. The molecule has 0 aliphatic carbocycles. The highest BCUT2D eigenvalue weighted by Gasteiger charge is 2.40. The van der Waals surface area contributed by atoms with Crippen LogP contribution in [0.25, 0.3) is 11.1 Å². The maximum Gasteiger partial charge on any atom is 0.255 e. The van der Waals surface area contributed by atoms with Gasteiger partial charge in [-0.25, -0.2) is 0 Å². The fourth-order valence-electron chi connectivity index (χ4n) is 5.15. The molecule has 2 aliphatic rings. The van der Waals surface area contributed by atoms with Crippen LogP contribution in [0.4, 0.5) is 0 Å². The van der Waals surface area contributed by atoms with Crippen LogP contribution < -0.4 is 5.32 Å². The van der Waals surface area contributed by atoms with Crippen LogP contribution in [0.15, 0.2) is 79.1 Å². The fraction of sp³-hybridized carbons (Fsp3) is 0.367. The molecule has 3 aromatic rings. The predicted octanol–water partition coefficient (Wildman–Crippen LogP) is 3.20. The van der Waals surface area contributed by atoms with E-state index in [0.717, 1.165) is 16.7 Å². The molecular formula is C30H33N3O5. The standard InChI is InChI=1S/C30H33N3O5/c34-25-18-33(30(36)24-7-4-14-31-17-24)27-13-12-26(38-28(27)20-37-19-25)15-29(35)32-16-21-8-10-23(11-9-21)22-5-2-1-3-6-22/h1-11,14,17,25-28,34H,12-13,15-16,18-20H2,(H,32,35)/t25-,26+,27-,28+/m0/s1. The van der Waals surface area contributed by atoms with Crippen molar-refractivity contribution in [2.24, 2.45) is 0 Å². The van der Waals surface area contributed by atoms with Gasteiger partial charge in [0.1, 0.15) is 6.10 Å². The van der Waals surface area contributed by atoms with Gasteiger partial charge in [0.2, 0.25) is 5.91 Å². The van der Waals surface area contributed by atoms with Gasteiger partial charge in [0, 0.05) is 25.5 Å². The zero-order valence-electron chi connectivity index (χ0n) is 21.2. The molecule has 0 radical (unpaired) electrons. The number of carbonyl (C=O) groups excluding carboxylic acids is 2. The molecule has 0 spiro atoms. The first-order valence-corrected chi connectivity index (χ1v) is 13.1. The summed E-state index contributed by atoms with van der Waals surface area (Å²) < 4.78 is 12.0. The van der Waals surface area contributed by atoms with Crippen molar-refractivity contribution in [3.63, 3.8) is 0 Å². The summed E-state index contributed by atoms with van der Waals surface area (Å²) in [5.74, 6) is -0.266. The number of β-amino-alcohol motifs (C(OH)–C–C–N with tert-alkyl or cyclic N) is 1. The molecule has 8 nitrogen and oxygen atoms in total. The topological polar surface area (TPSA) is 101 Å². The minimum Gasteiger partial charge on any atom is -0.389 e. The summed E-state index contributed by atoms with van der Waals surface area (Å²) in [7, 11) is 0. The van der Waals surface area contributed by atoms with Crippen LogP contribution in [-0.2, 0) is 20.8 Å². The molecule has 0 bridgehead atoms. The van der Waals surface area contributed by atoms with Crippen LogP contribution in [0.3, 0.4) is 0 Å². The van der Waals surface area contributed by atoms with Crippen molar-refractivity contribution in [2.45, 2.75) is 50.2 Å². The summed E-state index contributed by atoms with van der Waals surface area (Å²) >= 11 is 0. The first-order valence-electron chi connectivity index (χ1n) is 13.1. The number of ether oxygens (including phenoxy) is 2. The number of benzene rings is 2. The molecule has 5 rings (SSSR count). The van der Waals surface area contributed by atoms with Crippen molar-refractivity contribution in [1.82, 2.24) is 15.2 Å². The minimum atomic E-state index is -0.776. The molecule has 4 atom stereocenters. The van der Waals surface area contributed by atoms with E-state index < -0.39 is 6.10 Å². The molecule has 2 fully saturated rings. The minimum absolute atomic E-state index is 0.0777. The Kier molecular flexibility index (Phi) is 8.43. The molecule has 2 saturated heterocycles. The average molecular weight is 516 g/mol. The van der Waals surface area contributed by atoms with E-state index in [9.17, 15) is 14.7 Å². The van der Waals surface area contributed by atoms with Gasteiger partial charge in [-0.3, -0.25) is 14.6 Å². The Morgan fingerprint density at radius 3 is 2.53 bits per heavy atom. The van der Waals surface area contributed by atoms with Gasteiger partial charge in [-0.1, -0.05) is 54.6 Å². The smallest absolute Gasteiger partial charge is 0.255 e. The van der Waals surface area contributed by atoms with Crippen LogP contribution in [0.1, 0.15) is 35.2 Å². The number of hydrogen-bond donors (Lipinski definition) is 2. The van der Waals surface area contributed by atoms with Gasteiger partial charge < -0.3 is 24.8 Å². The maximum atomic E-state index is 13.3. The predicted molar refractivity (Wildman–Crippen MR) is 142 cm³/mol. The highest BCUT2D eigenvalue weighted by Crippen LogP contribution is 2.29. The molecule has 0 unspecified atom stereocenters. The van der Waals surface area contributed by atoms with Crippen LogP contribution in [0.5, 0.6) is 0 Å². The third-order valence-corrected chi connectivity index (χ3v) is 7.11. The third kappa shape index (κ3) is 6.45. The zero-order chi connectivity index (χ0) is 26.3. The molecule has 198 valence electrons. The van der Waals surface area contributed by atoms with Crippen molar-refractivity contribution < 1.29 is 24.2 Å². The quantitative estimate of drug-likeness (QED) is 0.523. The summed E-state index contributed by atoms with van der Waals surface area (Å²) in [6, 6.07) is 21.5. The number of rotatable bonds is 6. The average Bonchev–Trinajstić information content (AvgIpc) is 2.95. The number of amides is 2. The second-order valence-corrected chi connectivity index (χ2v) is 9.88. The van der Waals surface area contributed by atoms with Gasteiger partial charge in [0.25, 0.3) is 5.91 Å². The van der Waals surface area contributed by atoms with E-state index in [1.807, 2.05) is 30.3 Å². The second-order valence-electron chi connectivity index (χ2n) is 9.88. The first-order chi connectivity index (χ1) is 18.6. The third-order valence-electron chi connectivity index (χ3n) is 7.11. The van der Waals surface area contributed by atoms with Crippen LogP contribution >= 0.6 is 0 Å². The molecule has 0 saturated carbocycles. The molecule has 2 N–H and O–H groups in total. The number of aliphatic hydroxyl groups excluding tert-OH is 1. The van der Waals surface area contributed by atoms with E-state index in [-0.39, 0.29) is 56.2 Å². The number of pyridine rings is 1.